The van der Waals surface area contributed by atoms with Gasteiger partial charge in [0, 0.05) is 49.7 Å². The van der Waals surface area contributed by atoms with Crippen LogP contribution in [0.5, 0.6) is 0 Å². The number of benzene rings is 2. The normalized spacial score (nSPS) is 19.8. The summed E-state index contributed by atoms with van der Waals surface area (Å²) in [6.07, 6.45) is -6.88. The van der Waals surface area contributed by atoms with Crippen molar-refractivity contribution in [2.24, 2.45) is 0 Å². The van der Waals surface area contributed by atoms with Gasteiger partial charge in [0.15, 0.2) is 0 Å². The van der Waals surface area contributed by atoms with E-state index in [1.54, 1.807) is 15.9 Å². The van der Waals surface area contributed by atoms with Crippen molar-refractivity contribution in [3.8, 4) is 6.07 Å². The van der Waals surface area contributed by atoms with E-state index in [4.69, 9.17) is 10.00 Å². The fourth-order valence-electron chi connectivity index (χ4n) is 5.39. The van der Waals surface area contributed by atoms with Gasteiger partial charge in [-0.1, -0.05) is 0 Å². The van der Waals surface area contributed by atoms with Crippen LogP contribution in [-0.4, -0.2) is 60.7 Å². The van der Waals surface area contributed by atoms with E-state index in [-0.39, 0.29) is 49.1 Å². The highest BCUT2D eigenvalue weighted by Gasteiger charge is 2.39. The van der Waals surface area contributed by atoms with E-state index >= 15 is 0 Å². The number of amides is 1. The molecule has 0 unspecified atom stereocenters. The van der Waals surface area contributed by atoms with Crippen LogP contribution >= 0.6 is 0 Å². The number of alkyl halides is 6. The third-order valence-corrected chi connectivity index (χ3v) is 7.63. The average molecular weight is 614 g/mol. The maximum atomic E-state index is 13.4. The van der Waals surface area contributed by atoms with E-state index in [2.05, 4.69) is 5.32 Å². The van der Waals surface area contributed by atoms with Crippen molar-refractivity contribution in [3.05, 3.63) is 63.2 Å². The lowest BCUT2D eigenvalue weighted by Gasteiger charge is -2.30. The minimum atomic E-state index is -4.89. The first-order valence-corrected chi connectivity index (χ1v) is 13.6. The molecule has 232 valence electrons. The fraction of sp³-hybridized carbons (Fsp3) is 0.500. The number of hydrogen-bond donors (Lipinski definition) is 1. The third-order valence-electron chi connectivity index (χ3n) is 7.63. The Labute approximate surface area is 243 Å². The van der Waals surface area contributed by atoms with Crippen LogP contribution in [0, 0.1) is 21.4 Å². The number of anilines is 2. The number of carbonyl (C=O) groups is 1. The molecule has 1 aliphatic heterocycles. The topological polar surface area (TPSA) is 112 Å². The van der Waals surface area contributed by atoms with Gasteiger partial charge in [-0.3, -0.25) is 14.9 Å². The molecule has 1 heterocycles. The third kappa shape index (κ3) is 8.07. The summed E-state index contributed by atoms with van der Waals surface area (Å²) in [6, 6.07) is 7.84. The Morgan fingerprint density at radius 2 is 1.67 bits per heavy atom. The summed E-state index contributed by atoms with van der Waals surface area (Å²) in [6.45, 7) is 1.03. The van der Waals surface area contributed by atoms with Crippen LogP contribution in [0.4, 0.5) is 43.4 Å². The second kappa shape index (κ2) is 13.1. The number of rotatable bonds is 7. The Morgan fingerprint density at radius 3 is 2.30 bits per heavy atom. The minimum Gasteiger partial charge on any atom is -0.382 e. The van der Waals surface area contributed by atoms with Crippen molar-refractivity contribution >= 4 is 23.0 Å². The summed E-state index contributed by atoms with van der Waals surface area (Å²) in [7, 11) is 0. The van der Waals surface area contributed by atoms with Crippen LogP contribution in [0.1, 0.15) is 48.8 Å². The molecule has 4 rings (SSSR count). The first-order chi connectivity index (χ1) is 20.3. The molecule has 1 saturated heterocycles. The highest BCUT2D eigenvalue weighted by molar-refractivity contribution is 5.77. The first-order valence-electron chi connectivity index (χ1n) is 13.6. The molecular weight excluding hydrogens is 584 g/mol. The molecule has 43 heavy (non-hydrogen) atoms. The molecule has 1 saturated carbocycles. The van der Waals surface area contributed by atoms with Gasteiger partial charge in [-0.05, 0) is 62.4 Å². The maximum Gasteiger partial charge on any atom is 0.423 e. The molecule has 0 aromatic heterocycles. The largest absolute Gasteiger partial charge is 0.423 e. The van der Waals surface area contributed by atoms with E-state index in [9.17, 15) is 41.3 Å². The maximum absolute atomic E-state index is 13.4. The van der Waals surface area contributed by atoms with Crippen molar-refractivity contribution < 1.29 is 40.8 Å². The van der Waals surface area contributed by atoms with E-state index in [1.807, 2.05) is 0 Å². The summed E-state index contributed by atoms with van der Waals surface area (Å²) in [5.74, 6) is -0.265. The lowest BCUT2D eigenvalue weighted by Crippen LogP contribution is -2.39. The zero-order valence-electron chi connectivity index (χ0n) is 22.9. The number of carbonyl (C=O) groups excluding carboxylic acids is 1. The molecule has 9 nitrogen and oxygen atoms in total. The van der Waals surface area contributed by atoms with Crippen LogP contribution in [0.3, 0.4) is 0 Å². The van der Waals surface area contributed by atoms with Gasteiger partial charge in [0.2, 0.25) is 5.91 Å². The summed E-state index contributed by atoms with van der Waals surface area (Å²) in [5.41, 5.74) is -3.33. The zero-order valence-corrected chi connectivity index (χ0v) is 22.9. The molecule has 0 bridgehead atoms. The molecule has 1 aliphatic carbocycles. The lowest BCUT2D eigenvalue weighted by atomic mass is 9.92. The molecule has 1 N–H and O–H groups in total. The molecule has 15 heteroatoms. The summed E-state index contributed by atoms with van der Waals surface area (Å²) in [5, 5.41) is 23.1. The number of ether oxygens (including phenoxy) is 1. The number of nitrogens with zero attached hydrogens (tertiary/aromatic N) is 4. The van der Waals surface area contributed by atoms with Crippen molar-refractivity contribution in [3.63, 3.8) is 0 Å². The van der Waals surface area contributed by atoms with Crippen molar-refractivity contribution in [2.45, 2.75) is 56.6 Å². The number of nitriles is 1. The van der Waals surface area contributed by atoms with E-state index < -0.39 is 39.7 Å². The molecule has 0 spiro atoms. The van der Waals surface area contributed by atoms with Crippen LogP contribution in [-0.2, 0) is 21.9 Å². The van der Waals surface area contributed by atoms with Gasteiger partial charge in [0.05, 0.1) is 28.2 Å². The summed E-state index contributed by atoms with van der Waals surface area (Å²) >= 11 is 0. The standard InChI is InChI=1S/C28H29F6N5O4/c29-27(30,31)23-14-20(3-2-18(23)16-35)36-19-4-7-22(8-5-19)43-17-26(40)38-11-1-10-37(12-13-38)21-6-9-25(39(41)42)24(15-21)28(32,33)34/h2-3,6,9,14-15,19,22,36H,1,4-5,7-8,10-13,17H2. The Bertz CT molecular complexity index is 1370. The van der Waals surface area contributed by atoms with Crippen LogP contribution in [0.15, 0.2) is 36.4 Å². The number of nitrogens with one attached hydrogen (secondary N) is 1. The average Bonchev–Trinajstić information content (AvgIpc) is 3.22. The first kappa shape index (κ1) is 31.9. The summed E-state index contributed by atoms with van der Waals surface area (Å²) in [4.78, 5) is 26.1. The predicted octanol–water partition coefficient (Wildman–Crippen LogP) is 5.98. The van der Waals surface area contributed by atoms with E-state index in [1.165, 1.54) is 12.1 Å². The van der Waals surface area contributed by atoms with Gasteiger partial charge in [-0.25, -0.2) is 0 Å². The number of halogens is 6. The molecule has 2 fully saturated rings. The van der Waals surface area contributed by atoms with Gasteiger partial charge >= 0.3 is 12.4 Å². The highest BCUT2D eigenvalue weighted by atomic mass is 19.4. The Hall–Kier alpha value is -4.06. The van der Waals surface area contributed by atoms with Crippen molar-refractivity contribution in [1.29, 1.82) is 5.26 Å². The Morgan fingerprint density at radius 1 is 0.977 bits per heavy atom. The van der Waals surface area contributed by atoms with E-state index in [0.29, 0.717) is 45.2 Å². The molecule has 0 atom stereocenters. The predicted molar refractivity (Wildman–Crippen MR) is 143 cm³/mol. The summed E-state index contributed by atoms with van der Waals surface area (Å²) < 4.78 is 85.8. The second-order valence-electron chi connectivity index (χ2n) is 10.5. The molecule has 1 amide bonds. The smallest absolute Gasteiger partial charge is 0.382 e. The number of nitro benzene ring substituents is 1. The van der Waals surface area contributed by atoms with Crippen LogP contribution in [0.2, 0.25) is 0 Å². The quantitative estimate of drug-likeness (QED) is 0.232. The van der Waals surface area contributed by atoms with Gasteiger partial charge < -0.3 is 19.9 Å². The molecule has 2 aromatic carbocycles. The highest BCUT2D eigenvalue weighted by Crippen LogP contribution is 2.38. The molecule has 2 aromatic rings. The SMILES string of the molecule is N#Cc1ccc(NC2CCC(OCC(=O)N3CCCN(c4ccc([N+](=O)[O-])c(C(F)(F)F)c4)CC3)CC2)cc1C(F)(F)F. The minimum absolute atomic E-state index is 0.0987. The second-order valence-corrected chi connectivity index (χ2v) is 10.5. The van der Waals surface area contributed by atoms with Crippen molar-refractivity contribution in [1.82, 2.24) is 4.90 Å². The van der Waals surface area contributed by atoms with Gasteiger partial charge in [-0.2, -0.15) is 31.6 Å². The van der Waals surface area contributed by atoms with Gasteiger partial charge in [0.25, 0.3) is 5.69 Å². The van der Waals surface area contributed by atoms with Crippen molar-refractivity contribution in [2.75, 3.05) is 43.0 Å². The Balaban J connectivity index is 1.25. The van der Waals surface area contributed by atoms with Crippen LogP contribution < -0.4 is 10.2 Å². The number of hydrogen-bond acceptors (Lipinski definition) is 7. The molecule has 2 aliphatic rings. The van der Waals surface area contributed by atoms with Crippen LogP contribution in [0.25, 0.3) is 0 Å². The molecular formula is C28H29F6N5O4. The van der Waals surface area contributed by atoms with Gasteiger partial charge in [-0.15, -0.1) is 0 Å². The zero-order chi connectivity index (χ0) is 31.4. The monoisotopic (exact) mass is 613 g/mol. The van der Waals surface area contributed by atoms with E-state index in [0.717, 1.165) is 24.3 Å². The molecule has 0 radical (unpaired) electrons. The van der Waals surface area contributed by atoms with Gasteiger partial charge in [0.1, 0.15) is 12.2 Å². The fourth-order valence-corrected chi connectivity index (χ4v) is 5.39. The number of nitro groups is 1. The Kier molecular flexibility index (Phi) is 9.69. The lowest BCUT2D eigenvalue weighted by molar-refractivity contribution is -0.388.